The molecule has 3 unspecified atom stereocenters. The normalized spacial score (nSPS) is 34.4. The third kappa shape index (κ3) is 3.96. The minimum absolute atomic E-state index is 0.771. The number of hydrogen-bond donors (Lipinski definition) is 1. The van der Waals surface area contributed by atoms with Gasteiger partial charge in [0.1, 0.15) is 0 Å². The van der Waals surface area contributed by atoms with Gasteiger partial charge in [0.15, 0.2) is 0 Å². The molecule has 0 aromatic heterocycles. The molecule has 2 heteroatoms. The molecular formula is C15H29NO. The van der Waals surface area contributed by atoms with Crippen LogP contribution in [-0.4, -0.2) is 26.3 Å². The van der Waals surface area contributed by atoms with Crippen LogP contribution < -0.4 is 5.32 Å². The fraction of sp³-hybridized carbons (Fsp3) is 1.00. The quantitative estimate of drug-likeness (QED) is 0.796. The van der Waals surface area contributed by atoms with E-state index in [9.17, 15) is 0 Å². The lowest BCUT2D eigenvalue weighted by Crippen LogP contribution is -2.33. The van der Waals surface area contributed by atoms with E-state index in [1.807, 2.05) is 0 Å². The SMILES string of the molecule is CC(C)CNCC1CCCC1C1CCCOC1. The van der Waals surface area contributed by atoms with Crippen molar-refractivity contribution in [3.05, 3.63) is 0 Å². The average Bonchev–Trinajstić information content (AvgIpc) is 2.78. The fourth-order valence-corrected chi connectivity index (χ4v) is 3.60. The Labute approximate surface area is 107 Å². The first kappa shape index (κ1) is 13.4. The van der Waals surface area contributed by atoms with Gasteiger partial charge in [0.25, 0.3) is 0 Å². The predicted molar refractivity (Wildman–Crippen MR) is 72.1 cm³/mol. The second-order valence-electron chi connectivity index (χ2n) is 6.38. The number of rotatable bonds is 5. The molecular weight excluding hydrogens is 210 g/mol. The highest BCUT2D eigenvalue weighted by Gasteiger charge is 2.34. The molecule has 0 bridgehead atoms. The van der Waals surface area contributed by atoms with Crippen LogP contribution in [0.2, 0.25) is 0 Å². The second-order valence-corrected chi connectivity index (χ2v) is 6.38. The third-order valence-corrected chi connectivity index (χ3v) is 4.48. The van der Waals surface area contributed by atoms with Crippen molar-refractivity contribution < 1.29 is 4.74 Å². The van der Waals surface area contributed by atoms with Gasteiger partial charge in [-0.1, -0.05) is 20.3 Å². The summed E-state index contributed by atoms with van der Waals surface area (Å²) in [5.41, 5.74) is 0. The van der Waals surface area contributed by atoms with Crippen molar-refractivity contribution in [2.75, 3.05) is 26.3 Å². The summed E-state index contributed by atoms with van der Waals surface area (Å²) in [4.78, 5) is 0. The topological polar surface area (TPSA) is 21.3 Å². The van der Waals surface area contributed by atoms with Gasteiger partial charge in [0.2, 0.25) is 0 Å². The molecule has 2 rings (SSSR count). The molecule has 0 amide bonds. The standard InChI is InChI=1S/C15H29NO/c1-12(2)9-16-10-13-5-3-7-15(13)14-6-4-8-17-11-14/h12-16H,3-11H2,1-2H3. The molecule has 2 aliphatic rings. The molecule has 1 saturated heterocycles. The summed E-state index contributed by atoms with van der Waals surface area (Å²) in [7, 11) is 0. The number of hydrogen-bond acceptors (Lipinski definition) is 2. The van der Waals surface area contributed by atoms with Gasteiger partial charge in [-0.25, -0.2) is 0 Å². The Morgan fingerprint density at radius 1 is 1.18 bits per heavy atom. The van der Waals surface area contributed by atoms with Crippen LogP contribution in [0.25, 0.3) is 0 Å². The van der Waals surface area contributed by atoms with E-state index in [4.69, 9.17) is 4.74 Å². The Hall–Kier alpha value is -0.0800. The molecule has 2 fully saturated rings. The molecule has 0 spiro atoms. The number of ether oxygens (including phenoxy) is 1. The molecule has 0 aromatic rings. The van der Waals surface area contributed by atoms with E-state index in [0.29, 0.717) is 0 Å². The summed E-state index contributed by atoms with van der Waals surface area (Å²) < 4.78 is 5.67. The second kappa shape index (κ2) is 6.75. The Morgan fingerprint density at radius 2 is 2.06 bits per heavy atom. The Kier molecular flexibility index (Phi) is 5.30. The molecule has 1 heterocycles. The summed E-state index contributed by atoms with van der Waals surface area (Å²) in [6.07, 6.45) is 7.02. The van der Waals surface area contributed by atoms with Crippen molar-refractivity contribution in [3.8, 4) is 0 Å². The summed E-state index contributed by atoms with van der Waals surface area (Å²) in [5.74, 6) is 3.49. The first-order valence-corrected chi connectivity index (χ1v) is 7.56. The van der Waals surface area contributed by atoms with Gasteiger partial charge in [-0.2, -0.15) is 0 Å². The maximum Gasteiger partial charge on any atom is 0.0497 e. The van der Waals surface area contributed by atoms with Crippen LogP contribution in [0.15, 0.2) is 0 Å². The summed E-state index contributed by atoms with van der Waals surface area (Å²) in [5, 5.41) is 3.66. The summed E-state index contributed by atoms with van der Waals surface area (Å²) >= 11 is 0. The van der Waals surface area contributed by atoms with Crippen molar-refractivity contribution in [2.24, 2.45) is 23.7 Å². The molecule has 1 aliphatic carbocycles. The van der Waals surface area contributed by atoms with E-state index in [0.717, 1.165) is 36.9 Å². The van der Waals surface area contributed by atoms with Crippen LogP contribution in [0.4, 0.5) is 0 Å². The Bertz CT molecular complexity index is 211. The fourth-order valence-electron chi connectivity index (χ4n) is 3.60. The molecule has 0 radical (unpaired) electrons. The zero-order valence-corrected chi connectivity index (χ0v) is 11.6. The van der Waals surface area contributed by atoms with Gasteiger partial charge in [-0.3, -0.25) is 0 Å². The summed E-state index contributed by atoms with van der Waals surface area (Å²) in [6, 6.07) is 0. The van der Waals surface area contributed by atoms with Crippen LogP contribution in [0.3, 0.4) is 0 Å². The lowest BCUT2D eigenvalue weighted by molar-refractivity contribution is 0.0220. The van der Waals surface area contributed by atoms with Gasteiger partial charge in [-0.15, -0.1) is 0 Å². The van der Waals surface area contributed by atoms with E-state index in [1.165, 1.54) is 45.2 Å². The van der Waals surface area contributed by atoms with Crippen molar-refractivity contribution >= 4 is 0 Å². The highest BCUT2D eigenvalue weighted by atomic mass is 16.5. The zero-order chi connectivity index (χ0) is 12.1. The molecule has 17 heavy (non-hydrogen) atoms. The summed E-state index contributed by atoms with van der Waals surface area (Å²) in [6.45, 7) is 9.01. The number of nitrogens with one attached hydrogen (secondary N) is 1. The van der Waals surface area contributed by atoms with E-state index < -0.39 is 0 Å². The van der Waals surface area contributed by atoms with Gasteiger partial charge in [-0.05, 0) is 62.4 Å². The molecule has 1 aliphatic heterocycles. The Balaban J connectivity index is 1.75. The van der Waals surface area contributed by atoms with Crippen LogP contribution >= 0.6 is 0 Å². The van der Waals surface area contributed by atoms with Crippen molar-refractivity contribution in [2.45, 2.75) is 46.0 Å². The van der Waals surface area contributed by atoms with Crippen LogP contribution in [0, 0.1) is 23.7 Å². The molecule has 0 aromatic carbocycles. The van der Waals surface area contributed by atoms with Gasteiger partial charge < -0.3 is 10.1 Å². The largest absolute Gasteiger partial charge is 0.381 e. The van der Waals surface area contributed by atoms with Crippen LogP contribution in [0.5, 0.6) is 0 Å². The van der Waals surface area contributed by atoms with Crippen LogP contribution in [-0.2, 0) is 4.74 Å². The minimum Gasteiger partial charge on any atom is -0.381 e. The molecule has 2 nitrogen and oxygen atoms in total. The van der Waals surface area contributed by atoms with Gasteiger partial charge in [0, 0.05) is 13.2 Å². The molecule has 100 valence electrons. The van der Waals surface area contributed by atoms with Crippen molar-refractivity contribution in [1.29, 1.82) is 0 Å². The minimum atomic E-state index is 0.771. The van der Waals surface area contributed by atoms with Crippen LogP contribution in [0.1, 0.15) is 46.0 Å². The average molecular weight is 239 g/mol. The molecule has 1 N–H and O–H groups in total. The van der Waals surface area contributed by atoms with E-state index in [1.54, 1.807) is 0 Å². The monoisotopic (exact) mass is 239 g/mol. The zero-order valence-electron chi connectivity index (χ0n) is 11.6. The molecule has 3 atom stereocenters. The van der Waals surface area contributed by atoms with E-state index >= 15 is 0 Å². The first-order chi connectivity index (χ1) is 8.27. The van der Waals surface area contributed by atoms with Gasteiger partial charge in [0.05, 0.1) is 0 Å². The van der Waals surface area contributed by atoms with Crippen molar-refractivity contribution in [1.82, 2.24) is 5.32 Å². The maximum absolute atomic E-state index is 5.67. The highest BCUT2D eigenvalue weighted by Crippen LogP contribution is 2.39. The third-order valence-electron chi connectivity index (χ3n) is 4.48. The maximum atomic E-state index is 5.67. The lowest BCUT2D eigenvalue weighted by Gasteiger charge is -2.31. The van der Waals surface area contributed by atoms with Crippen molar-refractivity contribution in [3.63, 3.8) is 0 Å². The molecule has 1 saturated carbocycles. The van der Waals surface area contributed by atoms with E-state index in [2.05, 4.69) is 19.2 Å². The highest BCUT2D eigenvalue weighted by molar-refractivity contribution is 4.85. The lowest BCUT2D eigenvalue weighted by atomic mass is 9.81. The Morgan fingerprint density at radius 3 is 2.76 bits per heavy atom. The predicted octanol–water partition coefficient (Wildman–Crippen LogP) is 3.07. The van der Waals surface area contributed by atoms with E-state index in [-0.39, 0.29) is 0 Å². The first-order valence-electron chi connectivity index (χ1n) is 7.56. The van der Waals surface area contributed by atoms with Gasteiger partial charge >= 0.3 is 0 Å². The smallest absolute Gasteiger partial charge is 0.0497 e.